The Kier molecular flexibility index (Phi) is 6.93. The molecular weight excluding hydrogens is 514 g/mol. The van der Waals surface area contributed by atoms with E-state index in [0.29, 0.717) is 11.4 Å². The van der Waals surface area contributed by atoms with E-state index in [2.05, 4.69) is 10.0 Å². The molecule has 184 valence electrons. The maximum atomic E-state index is 12.9. The second kappa shape index (κ2) is 9.76. The van der Waals surface area contributed by atoms with Gasteiger partial charge in [0, 0.05) is 5.69 Å². The molecule has 3 aromatic rings. The van der Waals surface area contributed by atoms with Crippen LogP contribution in [-0.2, 0) is 24.8 Å². The molecule has 0 radical (unpaired) electrons. The van der Waals surface area contributed by atoms with Crippen LogP contribution in [-0.4, -0.2) is 41.1 Å². The first-order valence-electron chi connectivity index (χ1n) is 10.5. The van der Waals surface area contributed by atoms with E-state index in [4.69, 9.17) is 16.3 Å². The van der Waals surface area contributed by atoms with Gasteiger partial charge >= 0.3 is 0 Å². The Hall–Kier alpha value is -3.28. The molecule has 1 heterocycles. The smallest absolute Gasteiger partial charge is 0.267 e. The summed E-state index contributed by atoms with van der Waals surface area (Å²) < 4.78 is 59.9. The molecule has 0 bridgehead atoms. The highest BCUT2D eigenvalue weighted by Gasteiger charge is 2.36. The molecule has 1 aliphatic heterocycles. The lowest BCUT2D eigenvalue weighted by atomic mass is 10.2. The number of hydrogen-bond donors (Lipinski definition) is 2. The predicted molar refractivity (Wildman–Crippen MR) is 135 cm³/mol. The van der Waals surface area contributed by atoms with Crippen LogP contribution in [0, 0.1) is 0 Å². The van der Waals surface area contributed by atoms with Crippen molar-refractivity contribution < 1.29 is 26.4 Å². The molecule has 0 fully saturated rings. The van der Waals surface area contributed by atoms with Gasteiger partial charge in [-0.2, -0.15) is 0 Å². The van der Waals surface area contributed by atoms with Gasteiger partial charge in [0.1, 0.15) is 5.75 Å². The number of nitrogens with one attached hydrogen (secondary N) is 2. The summed E-state index contributed by atoms with van der Waals surface area (Å²) in [6.45, 7) is 1.34. The first-order valence-corrected chi connectivity index (χ1v) is 14.0. The average Bonchev–Trinajstić information content (AvgIpc) is 2.85. The summed E-state index contributed by atoms with van der Waals surface area (Å²) in [5.74, 6) is -0.419. The van der Waals surface area contributed by atoms with Crippen LogP contribution in [0.2, 0.25) is 5.02 Å². The number of rotatable bonds is 7. The van der Waals surface area contributed by atoms with Gasteiger partial charge in [-0.1, -0.05) is 35.9 Å². The van der Waals surface area contributed by atoms with Crippen molar-refractivity contribution >= 4 is 54.6 Å². The zero-order valence-electron chi connectivity index (χ0n) is 18.5. The van der Waals surface area contributed by atoms with E-state index in [-0.39, 0.29) is 33.7 Å². The summed E-state index contributed by atoms with van der Waals surface area (Å²) in [5, 5.41) is 2.91. The molecule has 1 amide bonds. The molecule has 0 unspecified atom stereocenters. The number of anilines is 3. The highest BCUT2D eigenvalue weighted by Crippen LogP contribution is 2.35. The fraction of sp³-hybridized carbons (Fsp3) is 0.174. The van der Waals surface area contributed by atoms with Crippen molar-refractivity contribution in [3.63, 3.8) is 0 Å². The summed E-state index contributed by atoms with van der Waals surface area (Å²) in [6, 6.07) is 18.6. The van der Waals surface area contributed by atoms with Crippen molar-refractivity contribution in [2.45, 2.75) is 17.9 Å². The fourth-order valence-corrected chi connectivity index (χ4v) is 5.89. The Morgan fingerprint density at radius 2 is 1.66 bits per heavy atom. The van der Waals surface area contributed by atoms with Crippen LogP contribution < -0.4 is 19.1 Å². The molecule has 1 atom stereocenters. The second-order valence-corrected chi connectivity index (χ2v) is 11.9. The highest BCUT2D eigenvalue weighted by atomic mass is 35.5. The maximum absolute atomic E-state index is 12.9. The van der Waals surface area contributed by atoms with E-state index in [0.717, 1.165) is 0 Å². The normalized spacial score (nSPS) is 15.6. The van der Waals surface area contributed by atoms with E-state index in [9.17, 15) is 21.6 Å². The SMILES string of the molecule is CCS(=O)(=O)N1C[C@H](C(=O)Nc2ccc(S(=O)(=O)Nc3ccccc3Cl)cc2)Oc2ccccc21. The van der Waals surface area contributed by atoms with Crippen LogP contribution in [0.5, 0.6) is 5.75 Å². The average molecular weight is 536 g/mol. The van der Waals surface area contributed by atoms with E-state index in [1.807, 2.05) is 0 Å². The summed E-state index contributed by atoms with van der Waals surface area (Å²) in [6.07, 6.45) is -1.10. The summed E-state index contributed by atoms with van der Waals surface area (Å²) >= 11 is 6.03. The first kappa shape index (κ1) is 24.8. The lowest BCUT2D eigenvalue weighted by Gasteiger charge is -2.34. The molecule has 0 aliphatic carbocycles. The number of sulfonamides is 2. The number of hydrogen-bond acceptors (Lipinski definition) is 6. The quantitative estimate of drug-likeness (QED) is 0.476. The Labute approximate surface area is 208 Å². The van der Waals surface area contributed by atoms with Crippen LogP contribution in [0.1, 0.15) is 6.92 Å². The molecule has 0 aromatic heterocycles. The largest absolute Gasteiger partial charge is 0.476 e. The van der Waals surface area contributed by atoms with Gasteiger partial charge in [-0.15, -0.1) is 0 Å². The molecule has 35 heavy (non-hydrogen) atoms. The van der Waals surface area contributed by atoms with Crippen LogP contribution in [0.25, 0.3) is 0 Å². The van der Waals surface area contributed by atoms with Gasteiger partial charge < -0.3 is 10.1 Å². The summed E-state index contributed by atoms with van der Waals surface area (Å²) in [4.78, 5) is 12.9. The first-order chi connectivity index (χ1) is 16.6. The molecule has 1 aliphatic rings. The molecular formula is C23H22ClN3O6S2. The summed E-state index contributed by atoms with van der Waals surface area (Å²) in [7, 11) is -7.54. The number of halogens is 1. The van der Waals surface area contributed by atoms with E-state index in [1.165, 1.54) is 35.5 Å². The van der Waals surface area contributed by atoms with Gasteiger partial charge in [0.15, 0.2) is 6.10 Å². The zero-order chi connectivity index (χ0) is 25.2. The van der Waals surface area contributed by atoms with Crippen LogP contribution in [0.4, 0.5) is 17.1 Å². The standard InChI is InChI=1S/C23H22ClN3O6S2/c1-2-34(29,30)27-15-22(33-21-10-6-5-9-20(21)27)23(28)25-16-11-13-17(14-12-16)35(31,32)26-19-8-4-3-7-18(19)24/h3-14,22,26H,2,15H2,1H3,(H,25,28)/t22-/m1/s1. The molecule has 0 saturated carbocycles. The van der Waals surface area contributed by atoms with Gasteiger partial charge in [-0.05, 0) is 55.5 Å². The zero-order valence-corrected chi connectivity index (χ0v) is 20.9. The number of nitrogens with zero attached hydrogens (tertiary/aromatic N) is 1. The molecule has 0 spiro atoms. The lowest BCUT2D eigenvalue weighted by Crippen LogP contribution is -2.49. The Balaban J connectivity index is 1.49. The second-order valence-electron chi connectivity index (χ2n) is 7.60. The van der Waals surface area contributed by atoms with Crippen molar-refractivity contribution in [2.24, 2.45) is 0 Å². The fourth-order valence-electron chi connectivity index (χ4n) is 3.45. The van der Waals surface area contributed by atoms with Crippen LogP contribution in [0.15, 0.2) is 77.7 Å². The van der Waals surface area contributed by atoms with Gasteiger partial charge in [-0.3, -0.25) is 13.8 Å². The number of carbonyl (C=O) groups is 1. The van der Waals surface area contributed by atoms with Crippen LogP contribution >= 0.6 is 11.6 Å². The van der Waals surface area contributed by atoms with Gasteiger partial charge in [0.2, 0.25) is 10.0 Å². The molecule has 12 heteroatoms. The lowest BCUT2D eigenvalue weighted by molar-refractivity contribution is -0.122. The predicted octanol–water partition coefficient (Wildman–Crippen LogP) is 3.70. The van der Waals surface area contributed by atoms with Gasteiger partial charge in [0.25, 0.3) is 15.9 Å². The molecule has 4 rings (SSSR count). The molecule has 2 N–H and O–H groups in total. The Bertz CT molecular complexity index is 1460. The minimum atomic E-state index is -3.91. The molecule has 0 saturated heterocycles. The minimum absolute atomic E-state index is 0.0292. The van der Waals surface area contributed by atoms with E-state index < -0.39 is 32.1 Å². The minimum Gasteiger partial charge on any atom is -0.476 e. The molecule has 9 nitrogen and oxygen atoms in total. The van der Waals surface area contributed by atoms with E-state index in [1.54, 1.807) is 48.5 Å². The topological polar surface area (TPSA) is 122 Å². The summed E-state index contributed by atoms with van der Waals surface area (Å²) in [5.41, 5.74) is 0.936. The number of fused-ring (bicyclic) bond motifs is 1. The third kappa shape index (κ3) is 5.37. The van der Waals surface area contributed by atoms with Gasteiger partial charge in [-0.25, -0.2) is 16.8 Å². The van der Waals surface area contributed by atoms with Crippen molar-refractivity contribution in [1.82, 2.24) is 0 Å². The third-order valence-electron chi connectivity index (χ3n) is 5.28. The van der Waals surface area contributed by atoms with Crippen molar-refractivity contribution in [3.05, 3.63) is 77.8 Å². The number of amides is 1. The number of carbonyl (C=O) groups excluding carboxylic acids is 1. The maximum Gasteiger partial charge on any atom is 0.267 e. The Morgan fingerprint density at radius 1 is 1.00 bits per heavy atom. The number of para-hydroxylation sites is 3. The number of ether oxygens (including phenoxy) is 1. The monoisotopic (exact) mass is 535 g/mol. The van der Waals surface area contributed by atoms with Crippen molar-refractivity contribution in [3.8, 4) is 5.75 Å². The van der Waals surface area contributed by atoms with Crippen molar-refractivity contribution in [1.29, 1.82) is 0 Å². The number of benzene rings is 3. The Morgan fingerprint density at radius 3 is 2.34 bits per heavy atom. The van der Waals surface area contributed by atoms with Crippen molar-refractivity contribution in [2.75, 3.05) is 26.6 Å². The van der Waals surface area contributed by atoms with Crippen LogP contribution in [0.3, 0.4) is 0 Å². The molecule has 3 aromatic carbocycles. The highest BCUT2D eigenvalue weighted by molar-refractivity contribution is 7.93. The van der Waals surface area contributed by atoms with E-state index >= 15 is 0 Å². The van der Waals surface area contributed by atoms with Gasteiger partial charge in [0.05, 0.1) is 33.6 Å². The third-order valence-corrected chi connectivity index (χ3v) is 8.74.